The van der Waals surface area contributed by atoms with Gasteiger partial charge in [0.25, 0.3) is 0 Å². The zero-order chi connectivity index (χ0) is 10.7. The number of halogens is 1. The fourth-order valence-electron chi connectivity index (χ4n) is 2.44. The quantitative estimate of drug-likeness (QED) is 0.792. The van der Waals surface area contributed by atoms with Crippen LogP contribution in [0.5, 0.6) is 0 Å². The third-order valence-corrected chi connectivity index (χ3v) is 3.32. The Hall–Kier alpha value is -0.890. The van der Waals surface area contributed by atoms with E-state index in [2.05, 4.69) is 0 Å². The Balaban J connectivity index is 2.03. The van der Waals surface area contributed by atoms with Crippen LogP contribution in [0.4, 0.5) is 4.39 Å². The Morgan fingerprint density at radius 1 is 1.07 bits per heavy atom. The number of hydrogen-bond donors (Lipinski definition) is 1. The summed E-state index contributed by atoms with van der Waals surface area (Å²) in [6.07, 6.45) is 6.86. The standard InChI is InChI=1S/C13H18FN/c14-12-6-4-11(5-7-12)10-13(15)8-2-1-3-9-13/h4-7H,1-3,8-10,15H2. The third kappa shape index (κ3) is 2.78. The van der Waals surface area contributed by atoms with Gasteiger partial charge in [-0.3, -0.25) is 0 Å². The lowest BCUT2D eigenvalue weighted by Crippen LogP contribution is -2.43. The van der Waals surface area contributed by atoms with Crippen LogP contribution >= 0.6 is 0 Å². The highest BCUT2D eigenvalue weighted by Gasteiger charge is 2.27. The lowest BCUT2D eigenvalue weighted by molar-refractivity contribution is 0.294. The van der Waals surface area contributed by atoms with Crippen LogP contribution in [0.1, 0.15) is 37.7 Å². The first-order valence-corrected chi connectivity index (χ1v) is 5.71. The smallest absolute Gasteiger partial charge is 0.123 e. The zero-order valence-electron chi connectivity index (χ0n) is 9.01. The fourth-order valence-corrected chi connectivity index (χ4v) is 2.44. The summed E-state index contributed by atoms with van der Waals surface area (Å²) in [5.74, 6) is -0.173. The summed E-state index contributed by atoms with van der Waals surface area (Å²) in [5.41, 5.74) is 7.44. The van der Waals surface area contributed by atoms with Crippen molar-refractivity contribution in [2.75, 3.05) is 0 Å². The minimum atomic E-state index is -0.173. The molecule has 1 aliphatic carbocycles. The van der Waals surface area contributed by atoms with E-state index in [0.717, 1.165) is 24.8 Å². The molecule has 0 saturated heterocycles. The van der Waals surface area contributed by atoms with E-state index in [0.29, 0.717) is 0 Å². The monoisotopic (exact) mass is 207 g/mol. The maximum atomic E-state index is 12.7. The number of rotatable bonds is 2. The normalized spacial score (nSPS) is 20.1. The van der Waals surface area contributed by atoms with Crippen LogP contribution in [0.3, 0.4) is 0 Å². The van der Waals surface area contributed by atoms with E-state index in [9.17, 15) is 4.39 Å². The fraction of sp³-hybridized carbons (Fsp3) is 0.538. The first-order chi connectivity index (χ1) is 7.18. The van der Waals surface area contributed by atoms with Crippen LogP contribution < -0.4 is 5.73 Å². The van der Waals surface area contributed by atoms with Crippen molar-refractivity contribution in [1.29, 1.82) is 0 Å². The van der Waals surface area contributed by atoms with Crippen LogP contribution in [0.25, 0.3) is 0 Å². The molecule has 0 unspecified atom stereocenters. The Labute approximate surface area is 90.5 Å². The highest BCUT2D eigenvalue weighted by Crippen LogP contribution is 2.28. The second kappa shape index (κ2) is 4.31. The minimum Gasteiger partial charge on any atom is -0.325 e. The van der Waals surface area contributed by atoms with Gasteiger partial charge in [0.1, 0.15) is 5.82 Å². The van der Waals surface area contributed by atoms with Gasteiger partial charge in [0.2, 0.25) is 0 Å². The molecule has 1 aromatic rings. The molecular formula is C13H18FN. The highest BCUT2D eigenvalue weighted by molar-refractivity contribution is 5.19. The van der Waals surface area contributed by atoms with E-state index in [-0.39, 0.29) is 11.4 Å². The molecule has 1 aliphatic rings. The molecular weight excluding hydrogens is 189 g/mol. The van der Waals surface area contributed by atoms with Crippen molar-refractivity contribution in [2.24, 2.45) is 5.73 Å². The molecule has 0 bridgehead atoms. The van der Waals surface area contributed by atoms with E-state index in [1.807, 2.05) is 12.1 Å². The Morgan fingerprint density at radius 3 is 2.27 bits per heavy atom. The van der Waals surface area contributed by atoms with Gasteiger partial charge in [-0.1, -0.05) is 31.4 Å². The molecule has 1 saturated carbocycles. The van der Waals surface area contributed by atoms with Crippen molar-refractivity contribution in [1.82, 2.24) is 0 Å². The van der Waals surface area contributed by atoms with Crippen LogP contribution in [-0.2, 0) is 6.42 Å². The molecule has 2 heteroatoms. The van der Waals surface area contributed by atoms with Crippen molar-refractivity contribution in [3.63, 3.8) is 0 Å². The van der Waals surface area contributed by atoms with Gasteiger partial charge in [0, 0.05) is 5.54 Å². The molecule has 0 amide bonds. The first kappa shape index (κ1) is 10.6. The summed E-state index contributed by atoms with van der Waals surface area (Å²) in [7, 11) is 0. The molecule has 2 N–H and O–H groups in total. The summed E-state index contributed by atoms with van der Waals surface area (Å²) < 4.78 is 12.7. The number of hydrogen-bond acceptors (Lipinski definition) is 1. The number of nitrogens with two attached hydrogens (primary N) is 1. The molecule has 0 aromatic heterocycles. The summed E-state index contributed by atoms with van der Waals surface area (Å²) in [6.45, 7) is 0. The van der Waals surface area contributed by atoms with Gasteiger partial charge < -0.3 is 5.73 Å². The molecule has 0 radical (unpaired) electrons. The van der Waals surface area contributed by atoms with Crippen LogP contribution in [0, 0.1) is 5.82 Å². The summed E-state index contributed by atoms with van der Waals surface area (Å²) in [6, 6.07) is 6.72. The van der Waals surface area contributed by atoms with Gasteiger partial charge in [-0.25, -0.2) is 4.39 Å². The van der Waals surface area contributed by atoms with Crippen molar-refractivity contribution in [2.45, 2.75) is 44.1 Å². The molecule has 0 heterocycles. The molecule has 15 heavy (non-hydrogen) atoms. The summed E-state index contributed by atoms with van der Waals surface area (Å²) >= 11 is 0. The predicted molar refractivity (Wildman–Crippen MR) is 60.1 cm³/mol. The van der Waals surface area contributed by atoms with Gasteiger partial charge in [-0.2, -0.15) is 0 Å². The lowest BCUT2D eigenvalue weighted by Gasteiger charge is -2.33. The molecule has 82 valence electrons. The average molecular weight is 207 g/mol. The van der Waals surface area contributed by atoms with Gasteiger partial charge in [-0.15, -0.1) is 0 Å². The minimum absolute atomic E-state index is 0.0456. The predicted octanol–water partition coefficient (Wildman–Crippen LogP) is 3.03. The molecule has 0 spiro atoms. The van der Waals surface area contributed by atoms with E-state index in [4.69, 9.17) is 5.73 Å². The van der Waals surface area contributed by atoms with E-state index < -0.39 is 0 Å². The van der Waals surface area contributed by atoms with Crippen LogP contribution in [0.15, 0.2) is 24.3 Å². The summed E-state index contributed by atoms with van der Waals surface area (Å²) in [4.78, 5) is 0. The average Bonchev–Trinajstić information content (AvgIpc) is 2.22. The lowest BCUT2D eigenvalue weighted by atomic mass is 9.78. The second-order valence-corrected chi connectivity index (χ2v) is 4.73. The third-order valence-electron chi connectivity index (χ3n) is 3.32. The van der Waals surface area contributed by atoms with Crippen LogP contribution in [-0.4, -0.2) is 5.54 Å². The first-order valence-electron chi connectivity index (χ1n) is 5.71. The zero-order valence-corrected chi connectivity index (χ0v) is 9.01. The molecule has 0 atom stereocenters. The largest absolute Gasteiger partial charge is 0.325 e. The maximum Gasteiger partial charge on any atom is 0.123 e. The number of benzene rings is 1. The van der Waals surface area contributed by atoms with Crippen molar-refractivity contribution >= 4 is 0 Å². The highest BCUT2D eigenvalue weighted by atomic mass is 19.1. The SMILES string of the molecule is NC1(Cc2ccc(F)cc2)CCCCC1. The van der Waals surface area contributed by atoms with Crippen molar-refractivity contribution < 1.29 is 4.39 Å². The molecule has 2 rings (SSSR count). The Kier molecular flexibility index (Phi) is 3.06. The molecule has 1 nitrogen and oxygen atoms in total. The van der Waals surface area contributed by atoms with Crippen LogP contribution in [0.2, 0.25) is 0 Å². The maximum absolute atomic E-state index is 12.7. The Bertz CT molecular complexity index is 312. The summed E-state index contributed by atoms with van der Waals surface area (Å²) in [5, 5.41) is 0. The van der Waals surface area contributed by atoms with E-state index in [1.165, 1.54) is 31.4 Å². The molecule has 0 aliphatic heterocycles. The molecule has 1 aromatic carbocycles. The van der Waals surface area contributed by atoms with Gasteiger partial charge >= 0.3 is 0 Å². The van der Waals surface area contributed by atoms with Crippen molar-refractivity contribution in [3.8, 4) is 0 Å². The van der Waals surface area contributed by atoms with Gasteiger partial charge in [-0.05, 0) is 37.0 Å². The topological polar surface area (TPSA) is 26.0 Å². The van der Waals surface area contributed by atoms with Gasteiger partial charge in [0.05, 0.1) is 0 Å². The Morgan fingerprint density at radius 2 is 1.67 bits per heavy atom. The van der Waals surface area contributed by atoms with E-state index >= 15 is 0 Å². The second-order valence-electron chi connectivity index (χ2n) is 4.73. The molecule has 1 fully saturated rings. The van der Waals surface area contributed by atoms with Gasteiger partial charge in [0.15, 0.2) is 0 Å². The van der Waals surface area contributed by atoms with Crippen molar-refractivity contribution in [3.05, 3.63) is 35.6 Å². The van der Waals surface area contributed by atoms with E-state index in [1.54, 1.807) is 0 Å².